The van der Waals surface area contributed by atoms with Crippen LogP contribution in [0.15, 0.2) is 34.8 Å². The maximum atomic E-state index is 9.65. The molecule has 0 atom stereocenters. The van der Waals surface area contributed by atoms with Crippen molar-refractivity contribution in [3.05, 3.63) is 40.4 Å². The lowest BCUT2D eigenvalue weighted by Crippen LogP contribution is -2.06. The molecule has 0 unspecified atom stereocenters. The highest BCUT2D eigenvalue weighted by Crippen LogP contribution is 2.28. The molecule has 0 fully saturated rings. The topological polar surface area (TPSA) is 52.5 Å². The molecule has 78 valence electrons. The molecule has 0 aliphatic heterocycles. The summed E-state index contributed by atoms with van der Waals surface area (Å²) in [5.41, 5.74) is 2.76. The summed E-state index contributed by atoms with van der Waals surface area (Å²) >= 11 is 3.39. The van der Waals surface area contributed by atoms with Crippen LogP contribution in [0.5, 0.6) is 5.75 Å². The number of halogens is 1. The molecule has 0 heterocycles. The first-order valence-corrected chi connectivity index (χ1v) is 5.29. The van der Waals surface area contributed by atoms with E-state index in [1.54, 1.807) is 6.07 Å². The van der Waals surface area contributed by atoms with Crippen LogP contribution >= 0.6 is 15.9 Å². The van der Waals surface area contributed by atoms with Crippen molar-refractivity contribution < 1.29 is 10.3 Å². The Labute approximate surface area is 95.4 Å². The summed E-state index contributed by atoms with van der Waals surface area (Å²) in [7, 11) is 0. The molecule has 3 N–H and O–H groups in total. The molecule has 0 spiro atoms. The monoisotopic (exact) mass is 267 g/mol. The quantitative estimate of drug-likeness (QED) is 0.734. The average Bonchev–Trinajstić information content (AvgIpc) is 2.22. The number of benzene rings is 2. The minimum atomic E-state index is 0.186. The molecular formula is C11H10BrNO2. The van der Waals surface area contributed by atoms with Gasteiger partial charge in [0.15, 0.2) is 0 Å². The Morgan fingerprint density at radius 3 is 2.73 bits per heavy atom. The van der Waals surface area contributed by atoms with E-state index in [0.717, 1.165) is 15.2 Å². The number of phenolic OH excluding ortho intramolecular Hbond substituents is 1. The van der Waals surface area contributed by atoms with Gasteiger partial charge in [-0.25, -0.2) is 5.48 Å². The second-order valence-electron chi connectivity index (χ2n) is 3.26. The summed E-state index contributed by atoms with van der Waals surface area (Å²) in [6.07, 6.45) is 0. The summed E-state index contributed by atoms with van der Waals surface area (Å²) in [5.74, 6) is 0.186. The Hall–Kier alpha value is -1.10. The van der Waals surface area contributed by atoms with Gasteiger partial charge in [0.05, 0.1) is 6.54 Å². The molecule has 0 bridgehead atoms. The Bertz CT molecular complexity index is 499. The SMILES string of the molecule is ONCc1c(O)ccc2cc(Br)ccc12. The number of hydrogen-bond donors (Lipinski definition) is 3. The van der Waals surface area contributed by atoms with Crippen molar-refractivity contribution in [2.45, 2.75) is 6.54 Å². The first kappa shape index (κ1) is 10.4. The lowest BCUT2D eigenvalue weighted by atomic mass is 10.0. The van der Waals surface area contributed by atoms with E-state index in [4.69, 9.17) is 5.21 Å². The fraction of sp³-hybridized carbons (Fsp3) is 0.0909. The lowest BCUT2D eigenvalue weighted by molar-refractivity contribution is 0.160. The minimum Gasteiger partial charge on any atom is -0.508 e. The highest BCUT2D eigenvalue weighted by Gasteiger charge is 2.06. The molecule has 0 saturated heterocycles. The number of phenols is 1. The largest absolute Gasteiger partial charge is 0.508 e. The van der Waals surface area contributed by atoms with Crippen LogP contribution in [-0.4, -0.2) is 10.3 Å². The summed E-state index contributed by atoms with van der Waals surface area (Å²) in [6.45, 7) is 0.227. The molecular weight excluding hydrogens is 258 g/mol. The smallest absolute Gasteiger partial charge is 0.120 e. The minimum absolute atomic E-state index is 0.186. The first-order valence-electron chi connectivity index (χ1n) is 4.49. The fourth-order valence-electron chi connectivity index (χ4n) is 1.62. The summed E-state index contributed by atoms with van der Waals surface area (Å²) in [6, 6.07) is 9.25. The second-order valence-corrected chi connectivity index (χ2v) is 4.18. The molecule has 2 rings (SSSR count). The maximum absolute atomic E-state index is 9.65. The fourth-order valence-corrected chi connectivity index (χ4v) is 2.00. The zero-order valence-corrected chi connectivity index (χ0v) is 9.45. The van der Waals surface area contributed by atoms with Crippen molar-refractivity contribution in [3.63, 3.8) is 0 Å². The van der Waals surface area contributed by atoms with Crippen LogP contribution in [-0.2, 0) is 6.54 Å². The van der Waals surface area contributed by atoms with Crippen LogP contribution in [0, 0.1) is 0 Å². The van der Waals surface area contributed by atoms with Crippen LogP contribution in [0.3, 0.4) is 0 Å². The van der Waals surface area contributed by atoms with Gasteiger partial charge in [-0.05, 0) is 29.0 Å². The van der Waals surface area contributed by atoms with Crippen molar-refractivity contribution in [1.29, 1.82) is 0 Å². The van der Waals surface area contributed by atoms with Gasteiger partial charge in [0.25, 0.3) is 0 Å². The average molecular weight is 268 g/mol. The van der Waals surface area contributed by atoms with Crippen LogP contribution in [0.2, 0.25) is 0 Å². The predicted octanol–water partition coefficient (Wildman–Crippen LogP) is 2.79. The Kier molecular flexibility index (Phi) is 2.90. The first-order chi connectivity index (χ1) is 7.22. The third-order valence-corrected chi connectivity index (χ3v) is 2.82. The van der Waals surface area contributed by atoms with Crippen molar-refractivity contribution >= 4 is 26.7 Å². The van der Waals surface area contributed by atoms with Gasteiger partial charge < -0.3 is 10.3 Å². The third kappa shape index (κ3) is 1.97. The van der Waals surface area contributed by atoms with E-state index in [-0.39, 0.29) is 12.3 Å². The van der Waals surface area contributed by atoms with Crippen molar-refractivity contribution in [3.8, 4) is 5.75 Å². The molecule has 0 aliphatic carbocycles. The molecule has 0 aliphatic rings. The van der Waals surface area contributed by atoms with Gasteiger partial charge in [-0.3, -0.25) is 0 Å². The van der Waals surface area contributed by atoms with Crippen LogP contribution in [0.1, 0.15) is 5.56 Å². The van der Waals surface area contributed by atoms with E-state index >= 15 is 0 Å². The summed E-state index contributed by atoms with van der Waals surface area (Å²) < 4.78 is 0.989. The Morgan fingerprint density at radius 2 is 2.00 bits per heavy atom. The van der Waals surface area contributed by atoms with Gasteiger partial charge >= 0.3 is 0 Å². The van der Waals surface area contributed by atoms with E-state index in [9.17, 15) is 5.11 Å². The molecule has 2 aromatic carbocycles. The molecule has 4 heteroatoms. The van der Waals surface area contributed by atoms with Crippen LogP contribution in [0.4, 0.5) is 0 Å². The standard InChI is InChI=1S/C11H10BrNO2/c12-8-2-3-9-7(5-8)1-4-11(14)10(9)6-13-15/h1-5,13-15H,6H2. The van der Waals surface area contributed by atoms with E-state index in [1.807, 2.05) is 24.3 Å². The van der Waals surface area contributed by atoms with E-state index in [1.165, 1.54) is 0 Å². The van der Waals surface area contributed by atoms with E-state index in [0.29, 0.717) is 5.56 Å². The summed E-state index contributed by atoms with van der Waals surface area (Å²) in [4.78, 5) is 0. The highest BCUT2D eigenvalue weighted by molar-refractivity contribution is 9.10. The molecule has 3 nitrogen and oxygen atoms in total. The number of nitrogens with one attached hydrogen (secondary N) is 1. The van der Waals surface area contributed by atoms with Gasteiger partial charge in [-0.2, -0.15) is 0 Å². The molecule has 2 aromatic rings. The normalized spacial score (nSPS) is 10.8. The number of rotatable bonds is 2. The molecule has 0 saturated carbocycles. The van der Waals surface area contributed by atoms with Crippen LogP contribution < -0.4 is 5.48 Å². The van der Waals surface area contributed by atoms with Crippen molar-refractivity contribution in [2.75, 3.05) is 0 Å². The number of aromatic hydroxyl groups is 1. The lowest BCUT2D eigenvalue weighted by Gasteiger charge is -2.08. The third-order valence-electron chi connectivity index (χ3n) is 2.32. The van der Waals surface area contributed by atoms with Gasteiger partial charge in [0.1, 0.15) is 5.75 Å². The zero-order valence-electron chi connectivity index (χ0n) is 7.87. The molecule has 0 radical (unpaired) electrons. The van der Waals surface area contributed by atoms with Gasteiger partial charge in [-0.1, -0.05) is 28.1 Å². The predicted molar refractivity (Wildman–Crippen MR) is 61.9 cm³/mol. The summed E-state index contributed by atoms with van der Waals surface area (Å²) in [5, 5.41) is 20.3. The molecule has 0 aromatic heterocycles. The maximum Gasteiger partial charge on any atom is 0.120 e. The number of hydrogen-bond acceptors (Lipinski definition) is 3. The molecule has 0 amide bonds. The Balaban J connectivity index is 2.70. The van der Waals surface area contributed by atoms with E-state index in [2.05, 4.69) is 21.4 Å². The number of hydroxylamine groups is 1. The van der Waals surface area contributed by atoms with Gasteiger partial charge in [0.2, 0.25) is 0 Å². The zero-order chi connectivity index (χ0) is 10.8. The van der Waals surface area contributed by atoms with Crippen LogP contribution in [0.25, 0.3) is 10.8 Å². The van der Waals surface area contributed by atoms with Gasteiger partial charge in [0, 0.05) is 10.0 Å². The highest BCUT2D eigenvalue weighted by atomic mass is 79.9. The number of fused-ring (bicyclic) bond motifs is 1. The van der Waals surface area contributed by atoms with Crippen molar-refractivity contribution in [2.24, 2.45) is 0 Å². The van der Waals surface area contributed by atoms with Gasteiger partial charge in [-0.15, -0.1) is 0 Å². The molecule has 15 heavy (non-hydrogen) atoms. The van der Waals surface area contributed by atoms with E-state index < -0.39 is 0 Å². The van der Waals surface area contributed by atoms with Crippen molar-refractivity contribution in [1.82, 2.24) is 5.48 Å². The second kappa shape index (κ2) is 4.18. The Morgan fingerprint density at radius 1 is 1.20 bits per heavy atom.